The highest BCUT2D eigenvalue weighted by molar-refractivity contribution is 7.09. The van der Waals surface area contributed by atoms with Crippen LogP contribution in [0.3, 0.4) is 0 Å². The van der Waals surface area contributed by atoms with Gasteiger partial charge in [-0.3, -0.25) is 4.79 Å². The molecule has 6 heteroatoms. The van der Waals surface area contributed by atoms with Crippen molar-refractivity contribution in [3.63, 3.8) is 0 Å². The van der Waals surface area contributed by atoms with E-state index in [1.807, 2.05) is 50.5 Å². The smallest absolute Gasteiger partial charge is 0.251 e. The predicted octanol–water partition coefficient (Wildman–Crippen LogP) is 4.59. The van der Waals surface area contributed by atoms with Crippen LogP contribution in [0.25, 0.3) is 16.9 Å². The van der Waals surface area contributed by atoms with Gasteiger partial charge < -0.3 is 5.32 Å². The number of aryl methyl sites for hydroxylation is 2. The van der Waals surface area contributed by atoms with Crippen molar-refractivity contribution in [1.82, 2.24) is 20.1 Å². The molecule has 0 unspecified atom stereocenters. The molecule has 0 bridgehead atoms. The fraction of sp³-hybridized carbons (Fsp3) is 0.174. The highest BCUT2D eigenvalue weighted by Crippen LogP contribution is 2.21. The standard InChI is InChI=1S/C23H22N4OS/c1-16-13-25-27(14-16)21-9-7-20(8-10-21)23(28)24-12-11-18-3-5-19(6-4-18)22-15-29-17(2)26-22/h3-10,13-15H,11-12H2,1-2H3,(H,24,28). The summed E-state index contributed by atoms with van der Waals surface area (Å²) in [4.78, 5) is 16.9. The lowest BCUT2D eigenvalue weighted by atomic mass is 10.1. The maximum absolute atomic E-state index is 12.4. The highest BCUT2D eigenvalue weighted by Gasteiger charge is 2.07. The Labute approximate surface area is 174 Å². The fourth-order valence-electron chi connectivity index (χ4n) is 3.08. The van der Waals surface area contributed by atoms with Gasteiger partial charge in [-0.2, -0.15) is 5.10 Å². The monoisotopic (exact) mass is 402 g/mol. The van der Waals surface area contributed by atoms with E-state index in [1.54, 1.807) is 16.0 Å². The van der Waals surface area contributed by atoms with Crippen LogP contribution in [-0.4, -0.2) is 27.2 Å². The van der Waals surface area contributed by atoms with Gasteiger partial charge in [0.2, 0.25) is 0 Å². The van der Waals surface area contributed by atoms with Gasteiger partial charge in [0.05, 0.1) is 22.6 Å². The second-order valence-corrected chi connectivity index (χ2v) is 8.03. The van der Waals surface area contributed by atoms with Crippen molar-refractivity contribution >= 4 is 17.2 Å². The average Bonchev–Trinajstić information content (AvgIpc) is 3.37. The molecule has 0 aliphatic heterocycles. The Morgan fingerprint density at radius 1 is 1.07 bits per heavy atom. The van der Waals surface area contributed by atoms with E-state index >= 15 is 0 Å². The first-order valence-electron chi connectivity index (χ1n) is 9.50. The van der Waals surface area contributed by atoms with Gasteiger partial charge in [0, 0.05) is 29.2 Å². The molecular formula is C23H22N4OS. The van der Waals surface area contributed by atoms with E-state index in [1.165, 1.54) is 5.56 Å². The Morgan fingerprint density at radius 3 is 2.45 bits per heavy atom. The Hall–Kier alpha value is -3.25. The molecule has 0 atom stereocenters. The van der Waals surface area contributed by atoms with E-state index in [4.69, 9.17) is 0 Å². The van der Waals surface area contributed by atoms with Gasteiger partial charge in [-0.25, -0.2) is 9.67 Å². The number of rotatable bonds is 6. The zero-order chi connectivity index (χ0) is 20.2. The molecule has 0 radical (unpaired) electrons. The van der Waals surface area contributed by atoms with Gasteiger partial charge in [0.25, 0.3) is 5.91 Å². The van der Waals surface area contributed by atoms with Crippen LogP contribution < -0.4 is 5.32 Å². The molecule has 2 aromatic heterocycles. The first kappa shape index (κ1) is 19.1. The van der Waals surface area contributed by atoms with Gasteiger partial charge in [-0.15, -0.1) is 11.3 Å². The van der Waals surface area contributed by atoms with E-state index in [9.17, 15) is 4.79 Å². The fourth-order valence-corrected chi connectivity index (χ4v) is 3.70. The number of hydrogen-bond donors (Lipinski definition) is 1. The molecule has 146 valence electrons. The number of hydrogen-bond acceptors (Lipinski definition) is 4. The Bertz CT molecular complexity index is 1110. The first-order valence-corrected chi connectivity index (χ1v) is 10.4. The summed E-state index contributed by atoms with van der Waals surface area (Å²) in [5.74, 6) is -0.0669. The lowest BCUT2D eigenvalue weighted by Gasteiger charge is -2.07. The van der Waals surface area contributed by atoms with E-state index in [-0.39, 0.29) is 5.91 Å². The third-order valence-corrected chi connectivity index (χ3v) is 5.45. The minimum Gasteiger partial charge on any atom is -0.352 e. The summed E-state index contributed by atoms with van der Waals surface area (Å²) >= 11 is 1.66. The van der Waals surface area contributed by atoms with Crippen LogP contribution in [0.4, 0.5) is 0 Å². The van der Waals surface area contributed by atoms with Gasteiger partial charge in [-0.05, 0) is 55.7 Å². The molecular weight excluding hydrogens is 380 g/mol. The molecule has 0 spiro atoms. The molecule has 2 heterocycles. The Kier molecular flexibility index (Phi) is 5.53. The molecule has 0 aliphatic carbocycles. The predicted molar refractivity (Wildman–Crippen MR) is 117 cm³/mol. The summed E-state index contributed by atoms with van der Waals surface area (Å²) in [6, 6.07) is 15.8. The van der Waals surface area contributed by atoms with E-state index in [2.05, 4.69) is 45.0 Å². The van der Waals surface area contributed by atoms with E-state index < -0.39 is 0 Å². The molecule has 0 saturated heterocycles. The van der Waals surface area contributed by atoms with Gasteiger partial charge in [0.15, 0.2) is 0 Å². The SMILES string of the molecule is Cc1cnn(-c2ccc(C(=O)NCCc3ccc(-c4csc(C)n4)cc3)cc2)c1. The van der Waals surface area contributed by atoms with Crippen molar-refractivity contribution < 1.29 is 4.79 Å². The van der Waals surface area contributed by atoms with E-state index in [0.717, 1.165) is 33.9 Å². The number of benzene rings is 2. The van der Waals surface area contributed by atoms with Crippen LogP contribution >= 0.6 is 11.3 Å². The second-order valence-electron chi connectivity index (χ2n) is 6.96. The summed E-state index contributed by atoms with van der Waals surface area (Å²) in [5.41, 5.74) is 6.00. The minimum atomic E-state index is -0.0669. The lowest BCUT2D eigenvalue weighted by molar-refractivity contribution is 0.0954. The van der Waals surface area contributed by atoms with Gasteiger partial charge >= 0.3 is 0 Å². The first-order chi connectivity index (χ1) is 14.1. The summed E-state index contributed by atoms with van der Waals surface area (Å²) in [6.07, 6.45) is 4.55. The van der Waals surface area contributed by atoms with Crippen molar-refractivity contribution in [2.24, 2.45) is 0 Å². The number of nitrogens with one attached hydrogen (secondary N) is 1. The largest absolute Gasteiger partial charge is 0.352 e. The topological polar surface area (TPSA) is 59.8 Å². The molecule has 29 heavy (non-hydrogen) atoms. The maximum Gasteiger partial charge on any atom is 0.251 e. The molecule has 0 saturated carbocycles. The lowest BCUT2D eigenvalue weighted by Crippen LogP contribution is -2.25. The van der Waals surface area contributed by atoms with Gasteiger partial charge in [-0.1, -0.05) is 24.3 Å². The number of nitrogens with zero attached hydrogens (tertiary/aromatic N) is 3. The van der Waals surface area contributed by atoms with Crippen molar-refractivity contribution in [3.05, 3.63) is 88.0 Å². The number of carbonyl (C=O) groups is 1. The number of amides is 1. The number of thiazole rings is 1. The van der Waals surface area contributed by atoms with Crippen LogP contribution in [-0.2, 0) is 6.42 Å². The minimum absolute atomic E-state index is 0.0669. The van der Waals surface area contributed by atoms with Crippen molar-refractivity contribution in [2.45, 2.75) is 20.3 Å². The summed E-state index contributed by atoms with van der Waals surface area (Å²) < 4.78 is 1.80. The van der Waals surface area contributed by atoms with Crippen LogP contribution in [0.5, 0.6) is 0 Å². The third kappa shape index (κ3) is 4.60. The average molecular weight is 403 g/mol. The van der Waals surface area contributed by atoms with Crippen LogP contribution in [0.1, 0.15) is 26.5 Å². The maximum atomic E-state index is 12.4. The molecule has 4 rings (SSSR count). The Morgan fingerprint density at radius 2 is 1.83 bits per heavy atom. The van der Waals surface area contributed by atoms with Crippen molar-refractivity contribution in [2.75, 3.05) is 6.54 Å². The molecule has 4 aromatic rings. The highest BCUT2D eigenvalue weighted by atomic mass is 32.1. The molecule has 0 aliphatic rings. The number of carbonyl (C=O) groups excluding carboxylic acids is 1. The summed E-state index contributed by atoms with van der Waals surface area (Å²) in [6.45, 7) is 4.60. The third-order valence-electron chi connectivity index (χ3n) is 4.67. The normalized spacial score (nSPS) is 10.8. The Balaban J connectivity index is 1.30. The second kappa shape index (κ2) is 8.41. The molecule has 5 nitrogen and oxygen atoms in total. The van der Waals surface area contributed by atoms with Crippen molar-refractivity contribution in [1.29, 1.82) is 0 Å². The van der Waals surface area contributed by atoms with Crippen LogP contribution in [0.2, 0.25) is 0 Å². The molecule has 1 N–H and O–H groups in total. The zero-order valence-corrected chi connectivity index (χ0v) is 17.2. The van der Waals surface area contributed by atoms with Crippen LogP contribution in [0.15, 0.2) is 66.3 Å². The summed E-state index contributed by atoms with van der Waals surface area (Å²) in [7, 11) is 0. The molecule has 0 fully saturated rings. The quantitative estimate of drug-likeness (QED) is 0.513. The molecule has 2 aromatic carbocycles. The number of aromatic nitrogens is 3. The molecule has 1 amide bonds. The summed E-state index contributed by atoms with van der Waals surface area (Å²) in [5, 5.41) is 10.4. The zero-order valence-electron chi connectivity index (χ0n) is 16.4. The van der Waals surface area contributed by atoms with E-state index in [0.29, 0.717) is 12.1 Å². The van der Waals surface area contributed by atoms with Crippen molar-refractivity contribution in [3.8, 4) is 16.9 Å². The van der Waals surface area contributed by atoms with Crippen LogP contribution in [0, 0.1) is 13.8 Å². The van der Waals surface area contributed by atoms with Gasteiger partial charge in [0.1, 0.15) is 0 Å².